The van der Waals surface area contributed by atoms with E-state index >= 15 is 33.6 Å². The van der Waals surface area contributed by atoms with Crippen LogP contribution in [0.3, 0.4) is 0 Å². The molecule has 0 radical (unpaired) electrons. The lowest BCUT2D eigenvalue weighted by molar-refractivity contribution is -0.157. The van der Waals surface area contributed by atoms with Gasteiger partial charge >= 0.3 is 0 Å². The van der Waals surface area contributed by atoms with Crippen molar-refractivity contribution in [3.05, 3.63) is 12.2 Å². The molecule has 26 heteroatoms. The van der Waals surface area contributed by atoms with Gasteiger partial charge in [0.1, 0.15) is 60.4 Å². The zero-order chi connectivity index (χ0) is 75.1. The second kappa shape index (κ2) is 41.2. The number of rotatable bonds is 22. The molecule has 562 valence electrons. The minimum Gasteiger partial charge on any atom is -0.390 e. The number of carbonyl (C=O) groups is 11. The molecule has 0 aromatic carbocycles. The smallest absolute Gasteiger partial charge is 0.256 e. The van der Waals surface area contributed by atoms with Crippen LogP contribution in [0.15, 0.2) is 12.2 Å². The number of nitrogens with one attached hydrogen (secondary N) is 4. The topological polar surface area (TPSA) is 291 Å². The maximum Gasteiger partial charge on any atom is 0.256 e. The Morgan fingerprint density at radius 2 is 1.01 bits per heavy atom. The molecular weight excluding hydrogens is 1270 g/mol. The molecule has 2 rings (SSSR count). The highest BCUT2D eigenvalue weighted by Gasteiger charge is 2.47. The van der Waals surface area contributed by atoms with Crippen LogP contribution in [0.4, 0.5) is 0 Å². The number of piperidine rings is 1. The highest BCUT2D eigenvalue weighted by atomic mass is 32.2. The predicted octanol–water partition coefficient (Wildman–Crippen LogP) is 5.36. The van der Waals surface area contributed by atoms with E-state index in [0.29, 0.717) is 18.6 Å². The maximum absolute atomic E-state index is 15.6. The Bertz CT molecular complexity index is 2670. The van der Waals surface area contributed by atoms with E-state index in [0.717, 1.165) is 43.8 Å². The van der Waals surface area contributed by atoms with Crippen LogP contribution in [0.1, 0.15) is 188 Å². The fourth-order valence-electron chi connectivity index (χ4n) is 12.8. The summed E-state index contributed by atoms with van der Waals surface area (Å²) in [6.07, 6.45) is 7.64. The largest absolute Gasteiger partial charge is 0.390 e. The van der Waals surface area contributed by atoms with Crippen LogP contribution in [-0.4, -0.2) is 269 Å². The van der Waals surface area contributed by atoms with Crippen LogP contribution in [-0.2, 0) is 57.5 Å². The van der Waals surface area contributed by atoms with Crippen molar-refractivity contribution < 1.29 is 62.6 Å². The van der Waals surface area contributed by atoms with Crippen LogP contribution in [0.2, 0.25) is 0 Å². The van der Waals surface area contributed by atoms with Crippen molar-refractivity contribution in [2.24, 2.45) is 35.5 Å². The van der Waals surface area contributed by atoms with Gasteiger partial charge in [0.25, 0.3) is 5.91 Å². The van der Waals surface area contributed by atoms with E-state index in [9.17, 15) is 24.3 Å². The Balaban J connectivity index is 3.13. The standard InChI is InChI=1S/C72H130N12O13S/c1-26-28-34-48(13)59(85)58-63(89)75-51(27-2)65(91)83(24)71(98-38-33-32-37-84-35-30-29-31-36-84)70(96)80(21)55(42-72(16,17)97-25)62(88)76-56(46(9)10)68(94)77(18)52(39-43(3)4)61(87)73-49(14)60(86)74-50(15)64(90)78(19)53(40-44(5)6)66(92)79(20)54(41-45(7)8)67(93)81(22)57(47(11)12)69(95)82(58)23/h26,28,43-59,71,85H,27,29-42H2,1-25H3,(H,73,87)(H,74,86)(H,75,89)(H,76,88)/b28-26+/t48-,49+,50-,51+,52+,53+,54+,55+,56+,57+,58+,59-,71-/m1/s1. The van der Waals surface area contributed by atoms with Gasteiger partial charge in [0, 0.05) is 62.9 Å². The molecule has 13 atom stereocenters. The van der Waals surface area contributed by atoms with Gasteiger partial charge in [-0.2, -0.15) is 0 Å². The number of amides is 11. The lowest BCUT2D eigenvalue weighted by atomic mass is 9.91. The number of nitrogens with zero attached hydrogens (tertiary/aromatic N) is 8. The number of methoxy groups -OCH3 is 1. The number of unbranched alkanes of at least 4 members (excludes halogenated alkanes) is 1. The van der Waals surface area contributed by atoms with Crippen molar-refractivity contribution in [3.8, 4) is 0 Å². The molecule has 5 N–H and O–H groups in total. The van der Waals surface area contributed by atoms with Crippen LogP contribution in [0, 0.1) is 35.5 Å². The van der Waals surface area contributed by atoms with Crippen molar-refractivity contribution in [1.82, 2.24) is 60.5 Å². The Kier molecular flexibility index (Phi) is 37.1. The van der Waals surface area contributed by atoms with E-state index in [1.807, 2.05) is 54.5 Å². The van der Waals surface area contributed by atoms with Crippen LogP contribution in [0.5, 0.6) is 0 Å². The molecule has 0 spiro atoms. The van der Waals surface area contributed by atoms with E-state index in [1.165, 1.54) is 118 Å². The number of likely N-dealkylation sites (N-methyl/N-ethyl adjacent to an activating group) is 7. The number of thioether (sulfide) groups is 1. The van der Waals surface area contributed by atoms with Crippen LogP contribution < -0.4 is 21.3 Å². The number of allylic oxidation sites excluding steroid dienone is 2. The van der Waals surface area contributed by atoms with E-state index < -0.39 is 160 Å². The lowest BCUT2D eigenvalue weighted by Gasteiger charge is -2.41. The molecule has 2 fully saturated rings. The normalized spacial score (nSPS) is 26.9. The first-order chi connectivity index (χ1) is 45.5. The summed E-state index contributed by atoms with van der Waals surface area (Å²) in [5.74, 6) is -9.42. The summed E-state index contributed by atoms with van der Waals surface area (Å²) in [5.41, 5.74) is -1.04. The Morgan fingerprint density at radius 3 is 1.51 bits per heavy atom. The third kappa shape index (κ3) is 25.3. The molecule has 2 saturated heterocycles. The number of aliphatic hydroxyl groups excluding tert-OH is 1. The third-order valence-electron chi connectivity index (χ3n) is 19.3. The number of hydrogen-bond donors (Lipinski definition) is 5. The van der Waals surface area contributed by atoms with Gasteiger partial charge in [-0.15, -0.1) is 11.8 Å². The molecule has 0 saturated carbocycles. The summed E-state index contributed by atoms with van der Waals surface area (Å²) in [7, 11) is 11.6. The summed E-state index contributed by atoms with van der Waals surface area (Å²) >= 11 is 1.21. The monoisotopic (exact) mass is 1400 g/mol. The van der Waals surface area contributed by atoms with Gasteiger partial charge in [0.15, 0.2) is 5.37 Å². The van der Waals surface area contributed by atoms with Crippen molar-refractivity contribution in [2.45, 2.75) is 266 Å². The van der Waals surface area contributed by atoms with E-state index in [-0.39, 0.29) is 49.9 Å². The van der Waals surface area contributed by atoms with E-state index in [1.54, 1.807) is 61.5 Å². The van der Waals surface area contributed by atoms with Gasteiger partial charge in [-0.1, -0.05) is 102 Å². The average molecular weight is 1400 g/mol. The molecule has 0 bridgehead atoms. The molecule has 25 nitrogen and oxygen atoms in total. The summed E-state index contributed by atoms with van der Waals surface area (Å²) < 4.78 is 5.87. The lowest BCUT2D eigenvalue weighted by Crippen LogP contribution is -2.64. The summed E-state index contributed by atoms with van der Waals surface area (Å²) in [6.45, 7) is 32.7. The van der Waals surface area contributed by atoms with E-state index in [2.05, 4.69) is 26.2 Å². The fourth-order valence-corrected chi connectivity index (χ4v) is 14.0. The number of aliphatic hydroxyl groups is 1. The first-order valence-electron chi connectivity index (χ1n) is 35.8. The Labute approximate surface area is 592 Å². The Hall–Kier alpha value is -5.86. The minimum atomic E-state index is -1.64. The molecule has 0 aromatic rings. The quantitative estimate of drug-likeness (QED) is 0.0673. The van der Waals surface area contributed by atoms with Gasteiger partial charge in [0.2, 0.25) is 59.1 Å². The molecule has 0 unspecified atom stereocenters. The van der Waals surface area contributed by atoms with Crippen molar-refractivity contribution in [3.63, 3.8) is 0 Å². The molecule has 2 aliphatic rings. The highest BCUT2D eigenvalue weighted by molar-refractivity contribution is 8.00. The molecular formula is C72H130N12O13S. The number of likely N-dealkylation sites (tertiary alicyclic amines) is 1. The van der Waals surface area contributed by atoms with Gasteiger partial charge in [0.05, 0.1) is 11.7 Å². The number of hydrogen-bond acceptors (Lipinski definition) is 15. The molecule has 2 aliphatic heterocycles. The minimum absolute atomic E-state index is 0.00302. The zero-order valence-corrected chi connectivity index (χ0v) is 65.3. The van der Waals surface area contributed by atoms with Gasteiger partial charge in [-0.3, -0.25) is 52.7 Å². The van der Waals surface area contributed by atoms with Gasteiger partial charge in [-0.25, -0.2) is 0 Å². The first-order valence-corrected chi connectivity index (χ1v) is 36.9. The van der Waals surface area contributed by atoms with Crippen LogP contribution >= 0.6 is 11.8 Å². The number of carbonyl (C=O) groups excluding carboxylic acids is 11. The average Bonchev–Trinajstić information content (AvgIpc) is 0.811. The highest BCUT2D eigenvalue weighted by Crippen LogP contribution is 2.29. The maximum atomic E-state index is 15.6. The molecule has 2 heterocycles. The second-order valence-electron chi connectivity index (χ2n) is 30.2. The molecule has 11 amide bonds. The second-order valence-corrected chi connectivity index (χ2v) is 31.4. The summed E-state index contributed by atoms with van der Waals surface area (Å²) in [4.78, 5) is 176. The molecule has 98 heavy (non-hydrogen) atoms. The molecule has 0 aromatic heterocycles. The SMILES string of the molecule is C/C=C/C[C@@H](C)[C@@H](O)[C@H]1C(=O)N[C@@H](CC)C(=O)N(C)[C@H](SCCCCN2CCCCC2)C(=O)N(C)[C@@H](CC(C)(C)OC)C(=O)N[C@@H](C(C)C)C(=O)N(C)[C@@H](CC(C)C)C(=O)N[C@@H](C)C(=O)N[C@H](C)C(=O)N(C)[C@@H](CC(C)C)C(=O)N(C)[C@@H](CC(C)C)C(=O)N(C)[C@@H](C(C)C)C(=O)N1C. The van der Waals surface area contributed by atoms with Crippen molar-refractivity contribution in [2.75, 3.05) is 81.8 Å². The first kappa shape index (κ1) is 88.2. The summed E-state index contributed by atoms with van der Waals surface area (Å²) in [5, 5.41) is 22.3. The van der Waals surface area contributed by atoms with Gasteiger partial charge in [-0.05, 0) is 153 Å². The zero-order valence-electron chi connectivity index (χ0n) is 64.5. The predicted molar refractivity (Wildman–Crippen MR) is 386 cm³/mol. The summed E-state index contributed by atoms with van der Waals surface area (Å²) in [6, 6.07) is -12.8. The van der Waals surface area contributed by atoms with Crippen LogP contribution in [0.25, 0.3) is 0 Å². The number of ether oxygens (including phenoxy) is 1. The van der Waals surface area contributed by atoms with Crippen molar-refractivity contribution >= 4 is 76.7 Å². The fraction of sp³-hybridized carbons (Fsp3) is 0.819. The third-order valence-corrected chi connectivity index (χ3v) is 20.7. The van der Waals surface area contributed by atoms with E-state index in [4.69, 9.17) is 4.74 Å². The van der Waals surface area contributed by atoms with Gasteiger partial charge < -0.3 is 70.3 Å². The molecule has 0 aliphatic carbocycles. The Morgan fingerprint density at radius 1 is 0.531 bits per heavy atom. The van der Waals surface area contributed by atoms with Crippen molar-refractivity contribution in [1.29, 1.82) is 0 Å².